The predicted molar refractivity (Wildman–Crippen MR) is 50.9 cm³/mol. The molecule has 1 heterocycles. The van der Waals surface area contributed by atoms with Gasteiger partial charge in [-0.05, 0) is 19.1 Å². The first-order chi connectivity index (χ1) is 6.77. The van der Waals surface area contributed by atoms with E-state index in [0.29, 0.717) is 5.56 Å². The van der Waals surface area contributed by atoms with Gasteiger partial charge in [-0.2, -0.15) is 9.78 Å². The average Bonchev–Trinajstić information content (AvgIpc) is 2.69. The molecule has 0 N–H and O–H groups in total. The van der Waals surface area contributed by atoms with Gasteiger partial charge in [0.15, 0.2) is 0 Å². The van der Waals surface area contributed by atoms with Gasteiger partial charge in [0.1, 0.15) is 12.7 Å². The molecular formula is C10H9N3O. The third-order valence-electron chi connectivity index (χ3n) is 1.89. The standard InChI is InChI=1S/C10H9N3O/c1-8-3-2-4-9(5-8)10(14)13-7-11-6-12-13/h2-7H,1H3. The van der Waals surface area contributed by atoms with Crippen LogP contribution in [-0.4, -0.2) is 20.7 Å². The van der Waals surface area contributed by atoms with Crippen LogP contribution in [0.2, 0.25) is 0 Å². The quantitative estimate of drug-likeness (QED) is 0.675. The molecule has 0 radical (unpaired) electrons. The minimum Gasteiger partial charge on any atom is -0.267 e. The third-order valence-corrected chi connectivity index (χ3v) is 1.89. The number of hydrogen-bond acceptors (Lipinski definition) is 3. The molecule has 0 saturated carbocycles. The molecule has 0 aliphatic heterocycles. The number of carbonyl (C=O) groups excluding carboxylic acids is 1. The first-order valence-corrected chi connectivity index (χ1v) is 4.23. The lowest BCUT2D eigenvalue weighted by Crippen LogP contribution is -2.12. The van der Waals surface area contributed by atoms with E-state index in [1.54, 1.807) is 6.07 Å². The van der Waals surface area contributed by atoms with E-state index in [1.807, 2.05) is 25.1 Å². The maximum Gasteiger partial charge on any atom is 0.279 e. The Morgan fingerprint density at radius 3 is 2.93 bits per heavy atom. The van der Waals surface area contributed by atoms with Gasteiger partial charge >= 0.3 is 0 Å². The van der Waals surface area contributed by atoms with E-state index >= 15 is 0 Å². The highest BCUT2D eigenvalue weighted by atomic mass is 16.2. The second-order valence-electron chi connectivity index (χ2n) is 3.01. The van der Waals surface area contributed by atoms with Gasteiger partial charge in [-0.25, -0.2) is 4.98 Å². The van der Waals surface area contributed by atoms with Crippen LogP contribution in [0.15, 0.2) is 36.9 Å². The molecule has 70 valence electrons. The summed E-state index contributed by atoms with van der Waals surface area (Å²) < 4.78 is 1.22. The lowest BCUT2D eigenvalue weighted by molar-refractivity contribution is 0.0944. The summed E-state index contributed by atoms with van der Waals surface area (Å²) in [4.78, 5) is 15.4. The monoisotopic (exact) mass is 187 g/mol. The van der Waals surface area contributed by atoms with Gasteiger partial charge in [-0.1, -0.05) is 17.7 Å². The zero-order valence-electron chi connectivity index (χ0n) is 7.71. The average molecular weight is 187 g/mol. The van der Waals surface area contributed by atoms with Crippen molar-refractivity contribution in [1.82, 2.24) is 14.8 Å². The predicted octanol–water partition coefficient (Wildman–Crippen LogP) is 1.28. The van der Waals surface area contributed by atoms with Gasteiger partial charge in [0, 0.05) is 5.56 Å². The Kier molecular flexibility index (Phi) is 2.10. The van der Waals surface area contributed by atoms with Crippen LogP contribution < -0.4 is 0 Å². The SMILES string of the molecule is Cc1cccc(C(=O)n2cncn2)c1. The fourth-order valence-electron chi connectivity index (χ4n) is 1.22. The fourth-order valence-corrected chi connectivity index (χ4v) is 1.22. The lowest BCUT2D eigenvalue weighted by atomic mass is 10.1. The molecule has 1 aromatic carbocycles. The molecule has 0 amide bonds. The van der Waals surface area contributed by atoms with Crippen LogP contribution in [0.4, 0.5) is 0 Å². The largest absolute Gasteiger partial charge is 0.279 e. The Morgan fingerprint density at radius 2 is 2.29 bits per heavy atom. The summed E-state index contributed by atoms with van der Waals surface area (Å²) in [5.41, 5.74) is 1.67. The number of benzene rings is 1. The number of aromatic nitrogens is 3. The van der Waals surface area contributed by atoms with Crippen molar-refractivity contribution in [2.24, 2.45) is 0 Å². The second-order valence-corrected chi connectivity index (χ2v) is 3.01. The van der Waals surface area contributed by atoms with Crippen LogP contribution in [0.1, 0.15) is 15.9 Å². The van der Waals surface area contributed by atoms with Gasteiger partial charge < -0.3 is 0 Å². The minimum absolute atomic E-state index is 0.161. The van der Waals surface area contributed by atoms with Gasteiger partial charge in [0.2, 0.25) is 0 Å². The molecule has 4 heteroatoms. The Bertz CT molecular complexity index is 448. The van der Waals surface area contributed by atoms with Crippen molar-refractivity contribution < 1.29 is 4.79 Å². The molecule has 0 fully saturated rings. The molecular weight excluding hydrogens is 178 g/mol. The topological polar surface area (TPSA) is 47.8 Å². The van der Waals surface area contributed by atoms with Crippen LogP contribution in [0.5, 0.6) is 0 Å². The third kappa shape index (κ3) is 1.54. The summed E-state index contributed by atoms with van der Waals surface area (Å²) in [6.07, 6.45) is 2.73. The molecule has 14 heavy (non-hydrogen) atoms. The zero-order valence-corrected chi connectivity index (χ0v) is 7.71. The molecule has 0 aliphatic carbocycles. The molecule has 0 aliphatic rings. The van der Waals surface area contributed by atoms with Gasteiger partial charge in [0.25, 0.3) is 5.91 Å². The maximum absolute atomic E-state index is 11.7. The molecule has 0 saturated heterocycles. The van der Waals surface area contributed by atoms with Crippen molar-refractivity contribution in [3.05, 3.63) is 48.0 Å². The first kappa shape index (κ1) is 8.62. The summed E-state index contributed by atoms with van der Waals surface area (Å²) in [6.45, 7) is 1.94. The van der Waals surface area contributed by atoms with E-state index in [1.165, 1.54) is 17.3 Å². The van der Waals surface area contributed by atoms with Crippen molar-refractivity contribution in [1.29, 1.82) is 0 Å². The highest BCUT2D eigenvalue weighted by Crippen LogP contribution is 2.05. The second kappa shape index (κ2) is 3.41. The molecule has 1 aromatic heterocycles. The van der Waals surface area contributed by atoms with Crippen molar-refractivity contribution in [2.75, 3.05) is 0 Å². The van der Waals surface area contributed by atoms with Crippen molar-refractivity contribution >= 4 is 5.91 Å². The highest BCUT2D eigenvalue weighted by Gasteiger charge is 2.07. The summed E-state index contributed by atoms with van der Waals surface area (Å²) in [6, 6.07) is 7.37. The first-order valence-electron chi connectivity index (χ1n) is 4.23. The highest BCUT2D eigenvalue weighted by molar-refractivity contribution is 5.95. The van der Waals surface area contributed by atoms with E-state index < -0.39 is 0 Å². The van der Waals surface area contributed by atoms with E-state index in [4.69, 9.17) is 0 Å². The van der Waals surface area contributed by atoms with Crippen molar-refractivity contribution in [2.45, 2.75) is 6.92 Å². The van der Waals surface area contributed by atoms with Crippen LogP contribution in [0, 0.1) is 6.92 Å². The van der Waals surface area contributed by atoms with Crippen LogP contribution in [0.3, 0.4) is 0 Å². The van der Waals surface area contributed by atoms with Gasteiger partial charge in [0.05, 0.1) is 0 Å². The summed E-state index contributed by atoms with van der Waals surface area (Å²) in [7, 11) is 0. The van der Waals surface area contributed by atoms with Crippen LogP contribution in [0.25, 0.3) is 0 Å². The normalized spacial score (nSPS) is 10.1. The number of nitrogens with zero attached hydrogens (tertiary/aromatic N) is 3. The molecule has 0 spiro atoms. The van der Waals surface area contributed by atoms with Gasteiger partial charge in [-0.15, -0.1) is 0 Å². The number of rotatable bonds is 1. The number of carbonyl (C=O) groups is 1. The molecule has 0 unspecified atom stereocenters. The lowest BCUT2D eigenvalue weighted by Gasteiger charge is -2.00. The molecule has 0 atom stereocenters. The van der Waals surface area contributed by atoms with Crippen molar-refractivity contribution in [3.63, 3.8) is 0 Å². The van der Waals surface area contributed by atoms with E-state index in [0.717, 1.165) is 5.56 Å². The summed E-state index contributed by atoms with van der Waals surface area (Å²) >= 11 is 0. The van der Waals surface area contributed by atoms with Gasteiger partial charge in [-0.3, -0.25) is 4.79 Å². The Morgan fingerprint density at radius 1 is 1.43 bits per heavy atom. The molecule has 0 bridgehead atoms. The molecule has 2 aromatic rings. The van der Waals surface area contributed by atoms with E-state index in [9.17, 15) is 4.79 Å². The zero-order chi connectivity index (χ0) is 9.97. The summed E-state index contributed by atoms with van der Waals surface area (Å²) in [5, 5.41) is 3.78. The summed E-state index contributed by atoms with van der Waals surface area (Å²) in [5.74, 6) is -0.161. The smallest absolute Gasteiger partial charge is 0.267 e. The van der Waals surface area contributed by atoms with Crippen LogP contribution in [-0.2, 0) is 0 Å². The molecule has 2 rings (SSSR count). The Labute approximate surface area is 81.2 Å². The van der Waals surface area contributed by atoms with Crippen molar-refractivity contribution in [3.8, 4) is 0 Å². The van der Waals surface area contributed by atoms with Crippen LogP contribution >= 0.6 is 0 Å². The fraction of sp³-hybridized carbons (Fsp3) is 0.100. The Balaban J connectivity index is 2.37. The number of hydrogen-bond donors (Lipinski definition) is 0. The maximum atomic E-state index is 11.7. The molecule has 4 nitrogen and oxygen atoms in total. The Hall–Kier alpha value is -1.97. The van der Waals surface area contributed by atoms with E-state index in [-0.39, 0.29) is 5.91 Å². The van der Waals surface area contributed by atoms with E-state index in [2.05, 4.69) is 10.1 Å². The minimum atomic E-state index is -0.161. The number of aryl methyl sites for hydroxylation is 1.